The summed E-state index contributed by atoms with van der Waals surface area (Å²) in [5.74, 6) is -0.499. The van der Waals surface area contributed by atoms with E-state index in [1.54, 1.807) is 42.9 Å². The van der Waals surface area contributed by atoms with Crippen LogP contribution in [0.15, 0.2) is 36.8 Å². The van der Waals surface area contributed by atoms with E-state index in [0.29, 0.717) is 11.3 Å². The third-order valence-corrected chi connectivity index (χ3v) is 2.07. The zero-order chi connectivity index (χ0) is 11.4. The van der Waals surface area contributed by atoms with E-state index in [9.17, 15) is 4.79 Å². The van der Waals surface area contributed by atoms with Crippen LogP contribution in [-0.2, 0) is 4.79 Å². The maximum Gasteiger partial charge on any atom is 0.250 e. The number of carbonyl (C=O) groups excluding carboxylic acids is 1. The smallest absolute Gasteiger partial charge is 0.250 e. The monoisotopic (exact) mass is 214 g/mol. The first-order chi connectivity index (χ1) is 7.77. The lowest BCUT2D eigenvalue weighted by molar-refractivity contribution is -0.112. The van der Waals surface area contributed by atoms with Crippen molar-refractivity contribution in [2.45, 2.75) is 0 Å². The number of pyridine rings is 1. The van der Waals surface area contributed by atoms with Gasteiger partial charge in [0.1, 0.15) is 0 Å². The standard InChI is InChI=1S/C11H10N4O/c12-11(16)9(10-3-6-14-15-10)7-8-1-4-13-5-2-8/h1-7H,(H2,12,16)(H,14,15). The van der Waals surface area contributed by atoms with Crippen LogP contribution in [0.4, 0.5) is 0 Å². The molecular weight excluding hydrogens is 204 g/mol. The summed E-state index contributed by atoms with van der Waals surface area (Å²) in [6.07, 6.45) is 6.56. The Kier molecular flexibility index (Phi) is 2.77. The second-order valence-corrected chi connectivity index (χ2v) is 3.17. The number of aromatic amines is 1. The Balaban J connectivity index is 2.42. The number of carbonyl (C=O) groups is 1. The molecule has 3 N–H and O–H groups in total. The third-order valence-electron chi connectivity index (χ3n) is 2.07. The normalized spacial score (nSPS) is 11.4. The van der Waals surface area contributed by atoms with Crippen molar-refractivity contribution >= 4 is 17.6 Å². The van der Waals surface area contributed by atoms with Gasteiger partial charge in [-0.1, -0.05) is 0 Å². The molecule has 0 saturated heterocycles. The Morgan fingerprint density at radius 2 is 2.00 bits per heavy atom. The Bertz CT molecular complexity index is 502. The van der Waals surface area contributed by atoms with Crippen molar-refractivity contribution in [3.8, 4) is 0 Å². The molecule has 0 spiro atoms. The molecule has 2 heterocycles. The molecule has 0 bridgehead atoms. The van der Waals surface area contributed by atoms with Crippen LogP contribution < -0.4 is 5.73 Å². The summed E-state index contributed by atoms with van der Waals surface area (Å²) < 4.78 is 0. The number of rotatable bonds is 3. The average molecular weight is 214 g/mol. The van der Waals surface area contributed by atoms with Gasteiger partial charge in [-0.15, -0.1) is 0 Å². The molecule has 16 heavy (non-hydrogen) atoms. The molecule has 0 aliphatic heterocycles. The lowest BCUT2D eigenvalue weighted by atomic mass is 10.1. The van der Waals surface area contributed by atoms with Gasteiger partial charge in [0.2, 0.25) is 0 Å². The maximum atomic E-state index is 11.3. The van der Waals surface area contributed by atoms with Crippen LogP contribution in [0.2, 0.25) is 0 Å². The Labute approximate surface area is 92.0 Å². The van der Waals surface area contributed by atoms with Gasteiger partial charge in [-0.05, 0) is 29.8 Å². The third kappa shape index (κ3) is 2.14. The summed E-state index contributed by atoms with van der Waals surface area (Å²) in [6.45, 7) is 0. The van der Waals surface area contributed by atoms with Crippen LogP contribution in [0.5, 0.6) is 0 Å². The van der Waals surface area contributed by atoms with E-state index >= 15 is 0 Å². The van der Waals surface area contributed by atoms with Gasteiger partial charge < -0.3 is 5.73 Å². The number of aromatic nitrogens is 3. The molecule has 0 aromatic carbocycles. The summed E-state index contributed by atoms with van der Waals surface area (Å²) in [5.41, 5.74) is 7.16. The van der Waals surface area contributed by atoms with E-state index in [1.165, 1.54) is 0 Å². The number of nitrogens with zero attached hydrogens (tertiary/aromatic N) is 2. The number of hydrogen-bond donors (Lipinski definition) is 2. The zero-order valence-electron chi connectivity index (χ0n) is 8.42. The highest BCUT2D eigenvalue weighted by Crippen LogP contribution is 2.14. The van der Waals surface area contributed by atoms with Crippen LogP contribution in [0.25, 0.3) is 11.6 Å². The van der Waals surface area contributed by atoms with Gasteiger partial charge in [0.15, 0.2) is 0 Å². The van der Waals surface area contributed by atoms with E-state index < -0.39 is 5.91 Å². The molecule has 0 aliphatic carbocycles. The molecule has 2 aromatic rings. The summed E-state index contributed by atoms with van der Waals surface area (Å²) in [4.78, 5) is 15.2. The van der Waals surface area contributed by atoms with Crippen molar-refractivity contribution < 1.29 is 4.79 Å². The molecule has 0 radical (unpaired) electrons. The Hall–Kier alpha value is -2.43. The molecule has 0 aliphatic rings. The van der Waals surface area contributed by atoms with Crippen molar-refractivity contribution in [1.29, 1.82) is 0 Å². The fraction of sp³-hybridized carbons (Fsp3) is 0. The molecule has 5 heteroatoms. The minimum absolute atomic E-state index is 0.392. The maximum absolute atomic E-state index is 11.3. The molecule has 0 fully saturated rings. The van der Waals surface area contributed by atoms with E-state index in [0.717, 1.165) is 5.56 Å². The summed E-state index contributed by atoms with van der Waals surface area (Å²) in [7, 11) is 0. The average Bonchev–Trinajstić information content (AvgIpc) is 2.80. The zero-order valence-corrected chi connectivity index (χ0v) is 8.42. The number of nitrogens with one attached hydrogen (secondary N) is 1. The van der Waals surface area contributed by atoms with Crippen LogP contribution in [0.1, 0.15) is 11.3 Å². The van der Waals surface area contributed by atoms with Crippen molar-refractivity contribution in [2.75, 3.05) is 0 Å². The first kappa shape index (κ1) is 10.1. The highest BCUT2D eigenvalue weighted by molar-refractivity contribution is 6.22. The molecular formula is C11H10N4O. The van der Waals surface area contributed by atoms with Gasteiger partial charge in [0, 0.05) is 18.6 Å². The van der Waals surface area contributed by atoms with Crippen LogP contribution in [-0.4, -0.2) is 21.1 Å². The molecule has 2 rings (SSSR count). The lowest BCUT2D eigenvalue weighted by Crippen LogP contribution is -2.13. The highest BCUT2D eigenvalue weighted by atomic mass is 16.1. The molecule has 0 atom stereocenters. The van der Waals surface area contributed by atoms with Crippen LogP contribution in [0.3, 0.4) is 0 Å². The Morgan fingerprint density at radius 3 is 2.56 bits per heavy atom. The molecule has 2 aromatic heterocycles. The van der Waals surface area contributed by atoms with Crippen LogP contribution >= 0.6 is 0 Å². The highest BCUT2D eigenvalue weighted by Gasteiger charge is 2.09. The topological polar surface area (TPSA) is 84.7 Å². The number of hydrogen-bond acceptors (Lipinski definition) is 3. The van der Waals surface area contributed by atoms with E-state index in [4.69, 9.17) is 5.73 Å². The minimum atomic E-state index is -0.499. The summed E-state index contributed by atoms with van der Waals surface area (Å²) in [5, 5.41) is 6.49. The molecule has 1 amide bonds. The lowest BCUT2D eigenvalue weighted by Gasteiger charge is -2.00. The van der Waals surface area contributed by atoms with Crippen molar-refractivity contribution in [3.63, 3.8) is 0 Å². The number of H-pyrrole nitrogens is 1. The second-order valence-electron chi connectivity index (χ2n) is 3.17. The van der Waals surface area contributed by atoms with Gasteiger partial charge in [0.05, 0.1) is 11.3 Å². The van der Waals surface area contributed by atoms with E-state index in [2.05, 4.69) is 15.2 Å². The van der Waals surface area contributed by atoms with Gasteiger partial charge in [-0.25, -0.2) is 0 Å². The molecule has 80 valence electrons. The fourth-order valence-corrected chi connectivity index (χ4v) is 1.31. The van der Waals surface area contributed by atoms with Gasteiger partial charge in [-0.2, -0.15) is 5.10 Å². The summed E-state index contributed by atoms with van der Waals surface area (Å²) >= 11 is 0. The molecule has 5 nitrogen and oxygen atoms in total. The Morgan fingerprint density at radius 1 is 1.25 bits per heavy atom. The fourth-order valence-electron chi connectivity index (χ4n) is 1.31. The van der Waals surface area contributed by atoms with E-state index in [1.807, 2.05) is 0 Å². The van der Waals surface area contributed by atoms with Crippen LogP contribution in [0, 0.1) is 0 Å². The number of amides is 1. The van der Waals surface area contributed by atoms with Crippen molar-refractivity contribution in [3.05, 3.63) is 48.0 Å². The number of primary amides is 1. The van der Waals surface area contributed by atoms with E-state index in [-0.39, 0.29) is 0 Å². The first-order valence-electron chi connectivity index (χ1n) is 4.68. The first-order valence-corrected chi connectivity index (χ1v) is 4.68. The second kappa shape index (κ2) is 4.39. The quantitative estimate of drug-likeness (QED) is 0.742. The molecule has 0 unspecified atom stereocenters. The van der Waals surface area contributed by atoms with Crippen molar-refractivity contribution in [2.24, 2.45) is 5.73 Å². The van der Waals surface area contributed by atoms with Gasteiger partial charge >= 0.3 is 0 Å². The summed E-state index contributed by atoms with van der Waals surface area (Å²) in [6, 6.07) is 5.27. The number of nitrogens with two attached hydrogens (primary N) is 1. The predicted octanol–water partition coefficient (Wildman–Crippen LogP) is 0.831. The van der Waals surface area contributed by atoms with Crippen molar-refractivity contribution in [1.82, 2.24) is 15.2 Å². The molecule has 0 saturated carbocycles. The SMILES string of the molecule is NC(=O)C(=Cc1ccncc1)c1ccn[nH]1. The van der Waals surface area contributed by atoms with Gasteiger partial charge in [-0.3, -0.25) is 14.9 Å². The van der Waals surface area contributed by atoms with Gasteiger partial charge in [0.25, 0.3) is 5.91 Å². The minimum Gasteiger partial charge on any atom is -0.366 e. The predicted molar refractivity (Wildman–Crippen MR) is 59.9 cm³/mol. The largest absolute Gasteiger partial charge is 0.366 e.